The highest BCUT2D eigenvalue weighted by Gasteiger charge is 2.31. The average molecular weight is 317 g/mol. The summed E-state index contributed by atoms with van der Waals surface area (Å²) in [6.07, 6.45) is 10.9. The third-order valence-electron chi connectivity index (χ3n) is 5.56. The van der Waals surface area contributed by atoms with Gasteiger partial charge >= 0.3 is 0 Å². The highest BCUT2D eigenvalue weighted by atomic mass is 32.2. The van der Waals surface area contributed by atoms with Crippen molar-refractivity contribution in [3.63, 3.8) is 0 Å². The second kappa shape index (κ2) is 7.42. The maximum absolute atomic E-state index is 11.7. The summed E-state index contributed by atoms with van der Waals surface area (Å²) in [6, 6.07) is 0.254. The topological polar surface area (TPSA) is 63.4 Å². The molecular weight excluding hydrogens is 284 g/mol. The first-order valence-corrected chi connectivity index (χ1v) is 10.5. The SMILES string of the molecule is CCC1CCCC(C(N)CC2CCCN(S(C)(=O)=O)C2)C1. The summed E-state index contributed by atoms with van der Waals surface area (Å²) >= 11 is 0. The van der Waals surface area contributed by atoms with Gasteiger partial charge in [0, 0.05) is 19.1 Å². The Bertz CT molecular complexity index is 424. The van der Waals surface area contributed by atoms with Gasteiger partial charge in [-0.3, -0.25) is 0 Å². The lowest BCUT2D eigenvalue weighted by Crippen LogP contribution is -2.42. The lowest BCUT2D eigenvalue weighted by Gasteiger charge is -2.36. The molecular formula is C16H32N2O2S. The molecule has 2 rings (SSSR count). The highest BCUT2D eigenvalue weighted by molar-refractivity contribution is 7.88. The monoisotopic (exact) mass is 316 g/mol. The molecule has 2 fully saturated rings. The summed E-state index contributed by atoms with van der Waals surface area (Å²) in [7, 11) is -3.04. The molecule has 1 heterocycles. The molecule has 0 aromatic heterocycles. The van der Waals surface area contributed by atoms with Gasteiger partial charge < -0.3 is 5.73 Å². The van der Waals surface area contributed by atoms with Crippen molar-refractivity contribution < 1.29 is 8.42 Å². The zero-order valence-electron chi connectivity index (χ0n) is 13.6. The van der Waals surface area contributed by atoms with E-state index in [1.54, 1.807) is 4.31 Å². The van der Waals surface area contributed by atoms with Gasteiger partial charge in [-0.05, 0) is 49.9 Å². The van der Waals surface area contributed by atoms with E-state index in [1.165, 1.54) is 38.4 Å². The first-order valence-electron chi connectivity index (χ1n) is 8.60. The fourth-order valence-corrected chi connectivity index (χ4v) is 5.13. The van der Waals surface area contributed by atoms with E-state index >= 15 is 0 Å². The molecule has 5 heteroatoms. The number of hydrogen-bond donors (Lipinski definition) is 1. The Labute approximate surface area is 130 Å². The molecule has 1 aliphatic carbocycles. The Morgan fingerprint density at radius 3 is 2.57 bits per heavy atom. The number of sulfonamides is 1. The summed E-state index contributed by atoms with van der Waals surface area (Å²) in [5.74, 6) is 1.96. The van der Waals surface area contributed by atoms with Crippen LogP contribution in [0, 0.1) is 17.8 Å². The smallest absolute Gasteiger partial charge is 0.211 e. The van der Waals surface area contributed by atoms with Gasteiger partial charge in [-0.15, -0.1) is 0 Å². The van der Waals surface area contributed by atoms with Crippen molar-refractivity contribution in [3.05, 3.63) is 0 Å². The molecule has 4 atom stereocenters. The third kappa shape index (κ3) is 4.93. The van der Waals surface area contributed by atoms with Gasteiger partial charge in [0.15, 0.2) is 0 Å². The van der Waals surface area contributed by atoms with Crippen LogP contribution in [0.15, 0.2) is 0 Å². The summed E-state index contributed by atoms with van der Waals surface area (Å²) in [5, 5.41) is 0. The molecule has 124 valence electrons. The van der Waals surface area contributed by atoms with E-state index in [0.717, 1.165) is 25.2 Å². The molecule has 2 aliphatic rings. The van der Waals surface area contributed by atoms with Crippen molar-refractivity contribution in [1.29, 1.82) is 0 Å². The van der Waals surface area contributed by atoms with E-state index in [0.29, 0.717) is 24.9 Å². The number of piperidine rings is 1. The van der Waals surface area contributed by atoms with Crippen molar-refractivity contribution in [3.8, 4) is 0 Å². The normalized spacial score (nSPS) is 33.8. The van der Waals surface area contributed by atoms with E-state index in [9.17, 15) is 8.42 Å². The Morgan fingerprint density at radius 2 is 1.90 bits per heavy atom. The molecule has 4 unspecified atom stereocenters. The minimum absolute atomic E-state index is 0.254. The van der Waals surface area contributed by atoms with E-state index in [2.05, 4.69) is 6.92 Å². The highest BCUT2D eigenvalue weighted by Crippen LogP contribution is 2.35. The van der Waals surface area contributed by atoms with Gasteiger partial charge in [-0.1, -0.05) is 26.2 Å². The maximum Gasteiger partial charge on any atom is 0.211 e. The van der Waals surface area contributed by atoms with Crippen LogP contribution in [0.4, 0.5) is 0 Å². The van der Waals surface area contributed by atoms with Crippen LogP contribution in [0.3, 0.4) is 0 Å². The molecule has 0 radical (unpaired) electrons. The summed E-state index contributed by atoms with van der Waals surface area (Å²) in [6.45, 7) is 3.64. The predicted molar refractivity (Wildman–Crippen MR) is 87.5 cm³/mol. The lowest BCUT2D eigenvalue weighted by atomic mass is 9.74. The van der Waals surface area contributed by atoms with Crippen LogP contribution in [0.2, 0.25) is 0 Å². The van der Waals surface area contributed by atoms with E-state index in [4.69, 9.17) is 5.73 Å². The van der Waals surface area contributed by atoms with Crippen molar-refractivity contribution in [2.75, 3.05) is 19.3 Å². The Kier molecular flexibility index (Phi) is 6.09. The molecule has 21 heavy (non-hydrogen) atoms. The summed E-state index contributed by atoms with van der Waals surface area (Å²) < 4.78 is 25.0. The summed E-state index contributed by atoms with van der Waals surface area (Å²) in [5.41, 5.74) is 6.48. The van der Waals surface area contributed by atoms with Crippen LogP contribution in [0.25, 0.3) is 0 Å². The fraction of sp³-hybridized carbons (Fsp3) is 1.00. The number of nitrogens with zero attached hydrogens (tertiary/aromatic N) is 1. The molecule has 1 aliphatic heterocycles. The molecule has 0 aromatic carbocycles. The Balaban J connectivity index is 1.85. The molecule has 0 spiro atoms. The third-order valence-corrected chi connectivity index (χ3v) is 6.83. The second-order valence-corrected chi connectivity index (χ2v) is 9.21. The number of hydrogen-bond acceptors (Lipinski definition) is 3. The van der Waals surface area contributed by atoms with Crippen LogP contribution in [-0.4, -0.2) is 38.1 Å². The average Bonchev–Trinajstić information content (AvgIpc) is 2.46. The van der Waals surface area contributed by atoms with E-state index in [-0.39, 0.29) is 6.04 Å². The van der Waals surface area contributed by atoms with Gasteiger partial charge in [0.1, 0.15) is 0 Å². The standard InChI is InChI=1S/C16H32N2O2S/c1-3-13-6-4-8-15(10-13)16(17)11-14-7-5-9-18(12-14)21(2,19)20/h13-16H,3-12,17H2,1-2H3. The predicted octanol–water partition coefficient (Wildman–Crippen LogP) is 2.59. The lowest BCUT2D eigenvalue weighted by molar-refractivity contribution is 0.186. The first kappa shape index (κ1) is 17.2. The van der Waals surface area contributed by atoms with Gasteiger partial charge in [-0.25, -0.2) is 12.7 Å². The molecule has 2 N–H and O–H groups in total. The minimum Gasteiger partial charge on any atom is -0.327 e. The minimum atomic E-state index is -3.04. The van der Waals surface area contributed by atoms with Crippen molar-refractivity contribution in [2.45, 2.75) is 64.3 Å². The van der Waals surface area contributed by atoms with Crippen LogP contribution < -0.4 is 5.73 Å². The molecule has 0 bridgehead atoms. The van der Waals surface area contributed by atoms with Gasteiger partial charge in [0.2, 0.25) is 10.0 Å². The van der Waals surface area contributed by atoms with Gasteiger partial charge in [-0.2, -0.15) is 0 Å². The Morgan fingerprint density at radius 1 is 1.19 bits per heavy atom. The number of rotatable bonds is 5. The van der Waals surface area contributed by atoms with Crippen molar-refractivity contribution in [2.24, 2.45) is 23.5 Å². The van der Waals surface area contributed by atoms with Crippen molar-refractivity contribution in [1.82, 2.24) is 4.31 Å². The molecule has 0 aromatic rings. The van der Waals surface area contributed by atoms with Gasteiger partial charge in [0.25, 0.3) is 0 Å². The zero-order chi connectivity index (χ0) is 15.5. The molecule has 1 saturated heterocycles. The first-order chi connectivity index (χ1) is 9.90. The van der Waals surface area contributed by atoms with Gasteiger partial charge in [0.05, 0.1) is 6.26 Å². The number of nitrogens with two attached hydrogens (primary N) is 1. The largest absolute Gasteiger partial charge is 0.327 e. The fourth-order valence-electron chi connectivity index (χ4n) is 4.19. The van der Waals surface area contributed by atoms with Crippen LogP contribution >= 0.6 is 0 Å². The van der Waals surface area contributed by atoms with E-state index < -0.39 is 10.0 Å². The Hall–Kier alpha value is -0.130. The molecule has 1 saturated carbocycles. The van der Waals surface area contributed by atoms with Crippen LogP contribution in [0.5, 0.6) is 0 Å². The molecule has 4 nitrogen and oxygen atoms in total. The van der Waals surface area contributed by atoms with Crippen molar-refractivity contribution >= 4 is 10.0 Å². The second-order valence-electron chi connectivity index (χ2n) is 7.23. The maximum atomic E-state index is 11.7. The van der Waals surface area contributed by atoms with Crippen LogP contribution in [0.1, 0.15) is 58.3 Å². The molecule has 0 amide bonds. The quantitative estimate of drug-likeness (QED) is 0.848. The summed E-state index contributed by atoms with van der Waals surface area (Å²) in [4.78, 5) is 0. The zero-order valence-corrected chi connectivity index (χ0v) is 14.4. The van der Waals surface area contributed by atoms with Crippen LogP contribution in [-0.2, 0) is 10.0 Å². The van der Waals surface area contributed by atoms with E-state index in [1.807, 2.05) is 0 Å².